The van der Waals surface area contributed by atoms with Crippen LogP contribution in [0.15, 0.2) is 109 Å². The summed E-state index contributed by atoms with van der Waals surface area (Å²) in [6.45, 7) is 4.27. The molecule has 0 N–H and O–H groups in total. The molecule has 1 heterocycles. The van der Waals surface area contributed by atoms with Gasteiger partial charge in [-0.1, -0.05) is 97.1 Å². The molecular weight excluding hydrogens is 446 g/mol. The van der Waals surface area contributed by atoms with Gasteiger partial charge in [-0.25, -0.2) is 0 Å². The second-order valence-electron chi connectivity index (χ2n) is 10.1. The lowest BCUT2D eigenvalue weighted by atomic mass is 9.96. The summed E-state index contributed by atoms with van der Waals surface area (Å²) in [5.41, 5.74) is 10.5. The Balaban J connectivity index is 1.51. The van der Waals surface area contributed by atoms with Crippen molar-refractivity contribution in [3.63, 3.8) is 0 Å². The van der Waals surface area contributed by atoms with E-state index in [2.05, 4.69) is 134 Å². The number of fused-ring (bicyclic) bond motifs is 6. The van der Waals surface area contributed by atoms with Crippen LogP contribution < -0.4 is 0 Å². The second kappa shape index (κ2) is 8.64. The molecule has 178 valence electrons. The van der Waals surface area contributed by atoms with Crippen LogP contribution in [0, 0.1) is 0 Å². The van der Waals surface area contributed by atoms with Gasteiger partial charge in [0.25, 0.3) is 0 Å². The molecular formula is C36H29N. The molecule has 1 heteroatoms. The first kappa shape index (κ1) is 21.9. The van der Waals surface area contributed by atoms with Gasteiger partial charge < -0.3 is 4.57 Å². The van der Waals surface area contributed by atoms with Crippen molar-refractivity contribution in [3.05, 3.63) is 126 Å². The molecule has 1 aliphatic carbocycles. The maximum Gasteiger partial charge on any atom is 0.0616 e. The third-order valence-electron chi connectivity index (χ3n) is 8.01. The van der Waals surface area contributed by atoms with Gasteiger partial charge in [-0.2, -0.15) is 0 Å². The van der Waals surface area contributed by atoms with E-state index in [1.54, 1.807) is 0 Å². The zero-order valence-corrected chi connectivity index (χ0v) is 21.3. The standard InChI is InChI=1S/C36H29N/c1-3-24(2)26-12-8-13-27(22-26)28-18-20-31-29(23-28)19-21-33-32-15-6-7-16-35(32)37(36(31)33)34-17-9-11-25-10-4-5-14-30(25)34/h3-6,8-15,17-23H,7,16H2,1-2H3/b24-3+. The Morgan fingerprint density at radius 3 is 2.46 bits per heavy atom. The quantitative estimate of drug-likeness (QED) is 0.240. The summed E-state index contributed by atoms with van der Waals surface area (Å²) < 4.78 is 2.55. The first-order valence-electron chi connectivity index (χ1n) is 13.2. The van der Waals surface area contributed by atoms with Crippen molar-refractivity contribution in [2.45, 2.75) is 26.7 Å². The van der Waals surface area contributed by atoms with Crippen molar-refractivity contribution < 1.29 is 0 Å². The van der Waals surface area contributed by atoms with Crippen molar-refractivity contribution >= 4 is 44.1 Å². The number of nitrogens with zero attached hydrogens (tertiary/aromatic N) is 1. The summed E-state index contributed by atoms with van der Waals surface area (Å²) in [7, 11) is 0. The summed E-state index contributed by atoms with van der Waals surface area (Å²) in [6, 6.07) is 35.9. The number of rotatable bonds is 3. The Bertz CT molecular complexity index is 1890. The molecule has 0 spiro atoms. The minimum Gasteiger partial charge on any atom is -0.312 e. The van der Waals surface area contributed by atoms with Gasteiger partial charge in [-0.3, -0.25) is 0 Å². The molecule has 1 aliphatic rings. The Hall–Kier alpha value is -4.36. The maximum atomic E-state index is 2.55. The van der Waals surface area contributed by atoms with Crippen LogP contribution in [-0.4, -0.2) is 4.57 Å². The molecule has 0 atom stereocenters. The van der Waals surface area contributed by atoms with Gasteiger partial charge in [0.2, 0.25) is 0 Å². The van der Waals surface area contributed by atoms with Crippen LogP contribution in [-0.2, 0) is 6.42 Å². The van der Waals surface area contributed by atoms with E-state index in [9.17, 15) is 0 Å². The van der Waals surface area contributed by atoms with Gasteiger partial charge in [0.1, 0.15) is 0 Å². The minimum absolute atomic E-state index is 1.06. The largest absolute Gasteiger partial charge is 0.312 e. The number of aromatic nitrogens is 1. The van der Waals surface area contributed by atoms with Gasteiger partial charge in [0.05, 0.1) is 11.2 Å². The Morgan fingerprint density at radius 2 is 1.54 bits per heavy atom. The molecule has 5 aromatic carbocycles. The van der Waals surface area contributed by atoms with Gasteiger partial charge in [-0.15, -0.1) is 0 Å². The van der Waals surface area contributed by atoms with E-state index in [1.165, 1.54) is 71.7 Å². The summed E-state index contributed by atoms with van der Waals surface area (Å²) in [5, 5.41) is 6.49. The van der Waals surface area contributed by atoms with Gasteiger partial charge in [0, 0.05) is 27.4 Å². The molecule has 37 heavy (non-hydrogen) atoms. The minimum atomic E-state index is 1.06. The van der Waals surface area contributed by atoms with Crippen molar-refractivity contribution in [1.29, 1.82) is 0 Å². The van der Waals surface area contributed by atoms with Crippen LogP contribution in [0.3, 0.4) is 0 Å². The average molecular weight is 476 g/mol. The molecule has 0 aliphatic heterocycles. The Morgan fingerprint density at radius 1 is 0.730 bits per heavy atom. The van der Waals surface area contributed by atoms with E-state index in [1.807, 2.05) is 0 Å². The molecule has 0 unspecified atom stereocenters. The molecule has 0 saturated carbocycles. The highest BCUT2D eigenvalue weighted by atomic mass is 15.0. The molecule has 0 amide bonds. The lowest BCUT2D eigenvalue weighted by molar-refractivity contribution is 0.893. The van der Waals surface area contributed by atoms with Crippen LogP contribution in [0.1, 0.15) is 37.1 Å². The van der Waals surface area contributed by atoms with Crippen molar-refractivity contribution in [2.24, 2.45) is 0 Å². The van der Waals surface area contributed by atoms with E-state index < -0.39 is 0 Å². The monoisotopic (exact) mass is 475 g/mol. The smallest absolute Gasteiger partial charge is 0.0616 e. The number of allylic oxidation sites excluding steroid dienone is 3. The lowest BCUT2D eigenvalue weighted by Crippen LogP contribution is -2.03. The fourth-order valence-corrected chi connectivity index (χ4v) is 6.00. The van der Waals surface area contributed by atoms with Gasteiger partial charge >= 0.3 is 0 Å². The third-order valence-corrected chi connectivity index (χ3v) is 8.01. The first-order valence-corrected chi connectivity index (χ1v) is 13.2. The zero-order chi connectivity index (χ0) is 24.9. The molecule has 0 fully saturated rings. The molecule has 6 aromatic rings. The fraction of sp³-hybridized carbons (Fsp3) is 0.111. The molecule has 1 nitrogen and oxygen atoms in total. The van der Waals surface area contributed by atoms with Gasteiger partial charge in [0.15, 0.2) is 0 Å². The Kier molecular flexibility index (Phi) is 5.11. The highest BCUT2D eigenvalue weighted by Gasteiger charge is 2.21. The second-order valence-corrected chi connectivity index (χ2v) is 10.1. The SMILES string of the molecule is C/C=C(\C)c1cccc(-c2ccc3c(ccc4c5c(n(-c6cccc7ccccc67)c43)CCC=C5)c2)c1. The van der Waals surface area contributed by atoms with Crippen molar-refractivity contribution in [3.8, 4) is 16.8 Å². The van der Waals surface area contributed by atoms with Crippen LogP contribution in [0.2, 0.25) is 0 Å². The first-order chi connectivity index (χ1) is 18.2. The molecule has 0 bridgehead atoms. The molecule has 1 aromatic heterocycles. The maximum absolute atomic E-state index is 2.55. The normalized spacial score (nSPS) is 13.5. The van der Waals surface area contributed by atoms with Crippen LogP contribution in [0.5, 0.6) is 0 Å². The van der Waals surface area contributed by atoms with E-state index in [4.69, 9.17) is 0 Å². The van der Waals surface area contributed by atoms with Crippen molar-refractivity contribution in [1.82, 2.24) is 4.57 Å². The van der Waals surface area contributed by atoms with Gasteiger partial charge in [-0.05, 0) is 77.9 Å². The third kappa shape index (κ3) is 3.46. The number of hydrogen-bond donors (Lipinski definition) is 0. The van der Waals surface area contributed by atoms with E-state index in [-0.39, 0.29) is 0 Å². The van der Waals surface area contributed by atoms with E-state index in [0.29, 0.717) is 0 Å². The molecule has 7 rings (SSSR count). The highest BCUT2D eigenvalue weighted by molar-refractivity contribution is 6.12. The zero-order valence-electron chi connectivity index (χ0n) is 21.3. The van der Waals surface area contributed by atoms with E-state index in [0.717, 1.165) is 12.8 Å². The predicted octanol–water partition coefficient (Wildman–Crippen LogP) is 9.99. The number of hydrogen-bond acceptors (Lipinski definition) is 0. The average Bonchev–Trinajstić information content (AvgIpc) is 3.31. The molecule has 0 saturated heterocycles. The summed E-state index contributed by atoms with van der Waals surface area (Å²) in [6.07, 6.45) is 8.97. The number of benzene rings is 5. The summed E-state index contributed by atoms with van der Waals surface area (Å²) >= 11 is 0. The van der Waals surface area contributed by atoms with Crippen molar-refractivity contribution in [2.75, 3.05) is 0 Å². The molecule has 0 radical (unpaired) electrons. The van der Waals surface area contributed by atoms with E-state index >= 15 is 0 Å². The summed E-state index contributed by atoms with van der Waals surface area (Å²) in [5.74, 6) is 0. The lowest BCUT2D eigenvalue weighted by Gasteiger charge is -2.16. The Labute approximate surface area is 218 Å². The fourth-order valence-electron chi connectivity index (χ4n) is 6.00. The predicted molar refractivity (Wildman–Crippen MR) is 160 cm³/mol. The highest BCUT2D eigenvalue weighted by Crippen LogP contribution is 2.40. The van der Waals surface area contributed by atoms with Crippen LogP contribution >= 0.6 is 0 Å². The topological polar surface area (TPSA) is 4.93 Å². The summed E-state index contributed by atoms with van der Waals surface area (Å²) in [4.78, 5) is 0. The van der Waals surface area contributed by atoms with Crippen LogP contribution in [0.25, 0.3) is 60.9 Å². The van der Waals surface area contributed by atoms with Crippen LogP contribution in [0.4, 0.5) is 0 Å².